The second-order valence-electron chi connectivity index (χ2n) is 4.79. The second kappa shape index (κ2) is 8.72. The van der Waals surface area contributed by atoms with Crippen molar-refractivity contribution in [1.82, 2.24) is 10.3 Å². The lowest BCUT2D eigenvalue weighted by atomic mass is 10.2. The van der Waals surface area contributed by atoms with Crippen LogP contribution in [0.2, 0.25) is 10.0 Å². The number of pyridine rings is 1. The van der Waals surface area contributed by atoms with Crippen LogP contribution < -0.4 is 10.6 Å². The average molecular weight is 354 g/mol. The third kappa shape index (κ3) is 5.39. The molecule has 0 fully saturated rings. The summed E-state index contributed by atoms with van der Waals surface area (Å²) in [5, 5.41) is 6.90. The highest BCUT2D eigenvalue weighted by Gasteiger charge is 2.08. The monoisotopic (exact) mass is 353 g/mol. The van der Waals surface area contributed by atoms with E-state index < -0.39 is 0 Å². The molecule has 7 heteroatoms. The average Bonchev–Trinajstić information content (AvgIpc) is 2.55. The summed E-state index contributed by atoms with van der Waals surface area (Å²) >= 11 is 11.9. The highest BCUT2D eigenvalue weighted by molar-refractivity contribution is 6.42. The maximum absolute atomic E-state index is 12.0. The van der Waals surface area contributed by atoms with Gasteiger partial charge >= 0.3 is 0 Å². The molecule has 0 radical (unpaired) electrons. The Bertz CT molecular complexity index is 680. The summed E-state index contributed by atoms with van der Waals surface area (Å²) in [6.45, 7) is 1.14. The van der Waals surface area contributed by atoms with Crippen LogP contribution in [0.5, 0.6) is 0 Å². The summed E-state index contributed by atoms with van der Waals surface area (Å²) in [4.78, 5) is 16.1. The normalized spacial score (nSPS) is 10.4. The summed E-state index contributed by atoms with van der Waals surface area (Å²) in [6, 6.07) is 8.67. The summed E-state index contributed by atoms with van der Waals surface area (Å²) in [6.07, 6.45) is 2.33. The Hall–Kier alpha value is -1.82. The van der Waals surface area contributed by atoms with Gasteiger partial charge in [0.25, 0.3) is 5.91 Å². The van der Waals surface area contributed by atoms with Crippen molar-refractivity contribution in [3.05, 3.63) is 52.3 Å². The fourth-order valence-electron chi connectivity index (χ4n) is 1.88. The standard InChI is InChI=1S/C16H17Cl2N3O2/c1-23-8-2-6-20-16(22)15-10-12(5-7-19-15)21-11-3-4-13(17)14(18)9-11/h3-5,7,9-10H,2,6,8H2,1H3,(H,19,21)(H,20,22). The van der Waals surface area contributed by atoms with E-state index in [-0.39, 0.29) is 5.91 Å². The van der Waals surface area contributed by atoms with E-state index in [2.05, 4.69) is 15.6 Å². The van der Waals surface area contributed by atoms with Gasteiger partial charge in [0, 0.05) is 37.8 Å². The molecular formula is C16H17Cl2N3O2. The van der Waals surface area contributed by atoms with Crippen molar-refractivity contribution in [2.45, 2.75) is 6.42 Å². The number of aromatic nitrogens is 1. The van der Waals surface area contributed by atoms with Gasteiger partial charge in [0.05, 0.1) is 10.0 Å². The van der Waals surface area contributed by atoms with Crippen molar-refractivity contribution >= 4 is 40.5 Å². The molecule has 1 aromatic carbocycles. The number of rotatable bonds is 7. The van der Waals surface area contributed by atoms with Crippen LogP contribution in [0.4, 0.5) is 11.4 Å². The Labute approximate surface area is 145 Å². The maximum Gasteiger partial charge on any atom is 0.269 e. The number of nitrogens with zero attached hydrogens (tertiary/aromatic N) is 1. The van der Waals surface area contributed by atoms with Crippen LogP contribution in [0, 0.1) is 0 Å². The van der Waals surface area contributed by atoms with Gasteiger partial charge in [-0.2, -0.15) is 0 Å². The van der Waals surface area contributed by atoms with Crippen LogP contribution in [0.15, 0.2) is 36.5 Å². The molecule has 0 spiro atoms. The largest absolute Gasteiger partial charge is 0.385 e. The molecule has 0 aliphatic carbocycles. The number of amides is 1. The minimum Gasteiger partial charge on any atom is -0.385 e. The second-order valence-corrected chi connectivity index (χ2v) is 5.60. The lowest BCUT2D eigenvalue weighted by Gasteiger charge is -2.09. The Morgan fingerprint density at radius 3 is 2.70 bits per heavy atom. The van der Waals surface area contributed by atoms with Gasteiger partial charge in [-0.25, -0.2) is 0 Å². The van der Waals surface area contributed by atoms with Crippen molar-refractivity contribution < 1.29 is 9.53 Å². The zero-order valence-corrected chi connectivity index (χ0v) is 14.1. The summed E-state index contributed by atoms with van der Waals surface area (Å²) in [5.41, 5.74) is 1.85. The van der Waals surface area contributed by atoms with Crippen LogP contribution in [0.1, 0.15) is 16.9 Å². The molecule has 0 saturated heterocycles. The van der Waals surface area contributed by atoms with Gasteiger partial charge in [-0.05, 0) is 36.8 Å². The van der Waals surface area contributed by atoms with Gasteiger partial charge in [-0.15, -0.1) is 0 Å². The molecule has 0 saturated carbocycles. The number of carbonyl (C=O) groups is 1. The van der Waals surface area contributed by atoms with Crippen LogP contribution in [0.3, 0.4) is 0 Å². The molecule has 1 aromatic heterocycles. The molecule has 0 unspecified atom stereocenters. The Morgan fingerprint density at radius 2 is 1.96 bits per heavy atom. The molecule has 0 atom stereocenters. The van der Waals surface area contributed by atoms with Crippen molar-refractivity contribution in [2.24, 2.45) is 0 Å². The van der Waals surface area contributed by atoms with E-state index >= 15 is 0 Å². The fourth-order valence-corrected chi connectivity index (χ4v) is 2.18. The summed E-state index contributed by atoms with van der Waals surface area (Å²) < 4.78 is 4.94. The number of methoxy groups -OCH3 is 1. The fraction of sp³-hybridized carbons (Fsp3) is 0.250. The van der Waals surface area contributed by atoms with Gasteiger partial charge < -0.3 is 15.4 Å². The molecule has 122 valence electrons. The Balaban J connectivity index is 2.01. The van der Waals surface area contributed by atoms with Gasteiger partial charge in [0.1, 0.15) is 5.69 Å². The van der Waals surface area contributed by atoms with E-state index in [1.165, 1.54) is 0 Å². The highest BCUT2D eigenvalue weighted by atomic mass is 35.5. The van der Waals surface area contributed by atoms with Crippen LogP contribution in [-0.2, 0) is 4.74 Å². The first-order valence-electron chi connectivity index (χ1n) is 7.05. The molecule has 1 amide bonds. The molecule has 0 aliphatic heterocycles. The van der Waals surface area contributed by atoms with E-state index in [0.717, 1.165) is 17.8 Å². The van der Waals surface area contributed by atoms with Crippen molar-refractivity contribution in [1.29, 1.82) is 0 Å². The summed E-state index contributed by atoms with van der Waals surface area (Å²) in [7, 11) is 1.63. The quantitative estimate of drug-likeness (QED) is 0.741. The molecule has 2 N–H and O–H groups in total. The number of hydrogen-bond acceptors (Lipinski definition) is 4. The minimum atomic E-state index is -0.223. The predicted molar refractivity (Wildman–Crippen MR) is 92.8 cm³/mol. The van der Waals surface area contributed by atoms with Gasteiger partial charge in [0.15, 0.2) is 0 Å². The number of benzene rings is 1. The first-order chi connectivity index (χ1) is 11.1. The van der Waals surface area contributed by atoms with Crippen molar-refractivity contribution in [2.75, 3.05) is 25.6 Å². The smallest absolute Gasteiger partial charge is 0.269 e. The molecule has 23 heavy (non-hydrogen) atoms. The topological polar surface area (TPSA) is 63.2 Å². The van der Waals surface area contributed by atoms with Crippen LogP contribution in [-0.4, -0.2) is 31.2 Å². The number of carbonyl (C=O) groups excluding carboxylic acids is 1. The van der Waals surface area contributed by atoms with E-state index in [9.17, 15) is 4.79 Å². The molecule has 0 aliphatic rings. The summed E-state index contributed by atoms with van der Waals surface area (Å²) in [5.74, 6) is -0.223. The molecule has 0 bridgehead atoms. The first kappa shape index (κ1) is 17.5. The maximum atomic E-state index is 12.0. The number of ether oxygens (including phenoxy) is 1. The van der Waals surface area contributed by atoms with E-state index in [0.29, 0.717) is 28.9 Å². The molecule has 1 heterocycles. The number of anilines is 2. The predicted octanol–water partition coefficient (Wildman–Crippen LogP) is 3.90. The van der Waals surface area contributed by atoms with Crippen molar-refractivity contribution in [3.8, 4) is 0 Å². The zero-order chi connectivity index (χ0) is 16.7. The van der Waals surface area contributed by atoms with Gasteiger partial charge in [-0.3, -0.25) is 9.78 Å². The van der Waals surface area contributed by atoms with E-state index in [1.807, 2.05) is 0 Å². The third-order valence-corrected chi connectivity index (χ3v) is 3.75. The van der Waals surface area contributed by atoms with E-state index in [4.69, 9.17) is 27.9 Å². The molecule has 2 rings (SSSR count). The van der Waals surface area contributed by atoms with Gasteiger partial charge in [0.2, 0.25) is 0 Å². The Morgan fingerprint density at radius 1 is 1.17 bits per heavy atom. The molecule has 5 nitrogen and oxygen atoms in total. The molecular weight excluding hydrogens is 337 g/mol. The SMILES string of the molecule is COCCCNC(=O)c1cc(Nc2ccc(Cl)c(Cl)c2)ccn1. The lowest BCUT2D eigenvalue weighted by Crippen LogP contribution is -2.26. The zero-order valence-electron chi connectivity index (χ0n) is 12.6. The number of nitrogens with one attached hydrogen (secondary N) is 2. The van der Waals surface area contributed by atoms with Crippen LogP contribution in [0.25, 0.3) is 0 Å². The highest BCUT2D eigenvalue weighted by Crippen LogP contribution is 2.26. The molecule has 2 aromatic rings. The number of hydrogen-bond donors (Lipinski definition) is 2. The lowest BCUT2D eigenvalue weighted by molar-refractivity contribution is 0.0943. The van der Waals surface area contributed by atoms with Gasteiger partial charge in [-0.1, -0.05) is 23.2 Å². The minimum absolute atomic E-state index is 0.223. The third-order valence-electron chi connectivity index (χ3n) is 3.01. The Kier molecular flexibility index (Phi) is 6.65. The van der Waals surface area contributed by atoms with Crippen molar-refractivity contribution in [3.63, 3.8) is 0 Å². The van der Waals surface area contributed by atoms with Crippen LogP contribution >= 0.6 is 23.2 Å². The van der Waals surface area contributed by atoms with E-state index in [1.54, 1.807) is 43.6 Å². The number of halogens is 2. The first-order valence-corrected chi connectivity index (χ1v) is 7.81.